The summed E-state index contributed by atoms with van der Waals surface area (Å²) in [4.78, 5) is 24.7. The van der Waals surface area contributed by atoms with Gasteiger partial charge in [-0.05, 0) is 24.7 Å². The van der Waals surface area contributed by atoms with Crippen molar-refractivity contribution in [2.24, 2.45) is 23.5 Å². The lowest BCUT2D eigenvalue weighted by Crippen LogP contribution is -2.43. The zero-order chi connectivity index (χ0) is 13.7. The number of hydrogen-bond acceptors (Lipinski definition) is 3. The Morgan fingerprint density at radius 3 is 2.33 bits per heavy atom. The monoisotopic (exact) mass is 251 g/mol. The van der Waals surface area contributed by atoms with Gasteiger partial charge in [0.15, 0.2) is 0 Å². The molecule has 5 nitrogen and oxygen atoms in total. The minimum Gasteiger partial charge on any atom is -0.370 e. The maximum Gasteiger partial charge on any atom is 0.240 e. The summed E-state index contributed by atoms with van der Waals surface area (Å²) >= 11 is 0. The molecule has 1 fully saturated rings. The molecule has 5 heteroatoms. The van der Waals surface area contributed by atoms with Gasteiger partial charge in [0.1, 0.15) is 5.92 Å². The summed E-state index contributed by atoms with van der Waals surface area (Å²) in [7, 11) is 0. The third-order valence-corrected chi connectivity index (χ3v) is 3.49. The second-order valence-corrected chi connectivity index (χ2v) is 5.29. The molecule has 1 aliphatic heterocycles. The van der Waals surface area contributed by atoms with E-state index in [9.17, 15) is 9.59 Å². The summed E-state index contributed by atoms with van der Waals surface area (Å²) in [5.41, 5.74) is 5.16. The summed E-state index contributed by atoms with van der Waals surface area (Å²) < 4.78 is 0. The van der Waals surface area contributed by atoms with Crippen LogP contribution >= 0.6 is 0 Å². The van der Waals surface area contributed by atoms with E-state index in [2.05, 4.69) is 6.07 Å². The minimum atomic E-state index is -0.558. The summed E-state index contributed by atoms with van der Waals surface area (Å²) in [6, 6.07) is 2.08. The molecule has 1 heterocycles. The Labute approximate surface area is 108 Å². The maximum absolute atomic E-state index is 12.1. The Hall–Kier alpha value is -1.57. The van der Waals surface area contributed by atoms with Crippen LogP contribution in [-0.4, -0.2) is 29.8 Å². The molecule has 1 rings (SSSR count). The molecule has 2 amide bonds. The van der Waals surface area contributed by atoms with Crippen molar-refractivity contribution in [1.82, 2.24) is 4.90 Å². The number of primary amides is 1. The van der Waals surface area contributed by atoms with Crippen LogP contribution in [0.25, 0.3) is 0 Å². The Morgan fingerprint density at radius 2 is 1.94 bits per heavy atom. The first-order valence-corrected chi connectivity index (χ1v) is 6.42. The van der Waals surface area contributed by atoms with E-state index in [4.69, 9.17) is 11.0 Å². The van der Waals surface area contributed by atoms with Crippen molar-refractivity contribution in [1.29, 1.82) is 5.26 Å². The first-order chi connectivity index (χ1) is 8.45. The van der Waals surface area contributed by atoms with Crippen LogP contribution in [0.5, 0.6) is 0 Å². The van der Waals surface area contributed by atoms with E-state index in [0.29, 0.717) is 19.5 Å². The van der Waals surface area contributed by atoms with Crippen molar-refractivity contribution in [3.63, 3.8) is 0 Å². The number of hydrogen-bond donors (Lipinski definition) is 1. The molecule has 18 heavy (non-hydrogen) atoms. The first-order valence-electron chi connectivity index (χ1n) is 6.42. The highest BCUT2D eigenvalue weighted by Crippen LogP contribution is 2.23. The SMILES string of the molecule is CC(C)C(C#N)C(=O)N1CCC(CC(N)=O)CC1. The lowest BCUT2D eigenvalue weighted by Gasteiger charge is -2.33. The molecular weight excluding hydrogens is 230 g/mol. The van der Waals surface area contributed by atoms with Crippen molar-refractivity contribution in [3.05, 3.63) is 0 Å². The van der Waals surface area contributed by atoms with Crippen molar-refractivity contribution < 1.29 is 9.59 Å². The van der Waals surface area contributed by atoms with E-state index in [-0.39, 0.29) is 23.7 Å². The third-order valence-electron chi connectivity index (χ3n) is 3.49. The van der Waals surface area contributed by atoms with Crippen LogP contribution < -0.4 is 5.73 Å². The second kappa shape index (κ2) is 6.39. The lowest BCUT2D eigenvalue weighted by molar-refractivity contribution is -0.136. The van der Waals surface area contributed by atoms with Gasteiger partial charge in [0, 0.05) is 19.5 Å². The molecule has 0 bridgehead atoms. The lowest BCUT2D eigenvalue weighted by atomic mass is 9.90. The van der Waals surface area contributed by atoms with Crippen molar-refractivity contribution in [2.75, 3.05) is 13.1 Å². The molecule has 2 N–H and O–H groups in total. The average molecular weight is 251 g/mol. The van der Waals surface area contributed by atoms with Gasteiger partial charge >= 0.3 is 0 Å². The quantitative estimate of drug-likeness (QED) is 0.805. The molecule has 0 spiro atoms. The van der Waals surface area contributed by atoms with Crippen LogP contribution in [0, 0.1) is 29.1 Å². The minimum absolute atomic E-state index is 0.0332. The van der Waals surface area contributed by atoms with E-state index in [1.54, 1.807) is 4.90 Å². The van der Waals surface area contributed by atoms with Crippen LogP contribution in [-0.2, 0) is 9.59 Å². The number of nitrogens with zero attached hydrogens (tertiary/aromatic N) is 2. The van der Waals surface area contributed by atoms with Gasteiger partial charge in [-0.2, -0.15) is 5.26 Å². The van der Waals surface area contributed by atoms with Crippen molar-refractivity contribution in [3.8, 4) is 6.07 Å². The highest BCUT2D eigenvalue weighted by Gasteiger charge is 2.30. The van der Waals surface area contributed by atoms with Crippen LogP contribution in [0.2, 0.25) is 0 Å². The first kappa shape index (κ1) is 14.5. The van der Waals surface area contributed by atoms with Gasteiger partial charge in [-0.25, -0.2) is 0 Å². The Morgan fingerprint density at radius 1 is 1.39 bits per heavy atom. The molecule has 0 aromatic heterocycles. The van der Waals surface area contributed by atoms with Crippen LogP contribution in [0.1, 0.15) is 33.1 Å². The molecule has 0 radical (unpaired) electrons. The van der Waals surface area contributed by atoms with E-state index in [1.807, 2.05) is 13.8 Å². The number of nitrogens with two attached hydrogens (primary N) is 1. The van der Waals surface area contributed by atoms with Gasteiger partial charge in [0.05, 0.1) is 6.07 Å². The van der Waals surface area contributed by atoms with Gasteiger partial charge in [0.2, 0.25) is 11.8 Å². The van der Waals surface area contributed by atoms with Crippen LogP contribution in [0.15, 0.2) is 0 Å². The number of likely N-dealkylation sites (tertiary alicyclic amines) is 1. The molecular formula is C13H21N3O2. The normalized spacial score (nSPS) is 18.4. The molecule has 0 aromatic rings. The zero-order valence-electron chi connectivity index (χ0n) is 11.1. The molecule has 0 aliphatic carbocycles. The molecule has 1 saturated heterocycles. The molecule has 0 saturated carbocycles. The zero-order valence-corrected chi connectivity index (χ0v) is 11.1. The van der Waals surface area contributed by atoms with Crippen molar-refractivity contribution in [2.45, 2.75) is 33.1 Å². The van der Waals surface area contributed by atoms with Crippen LogP contribution in [0.4, 0.5) is 0 Å². The molecule has 1 unspecified atom stereocenters. The largest absolute Gasteiger partial charge is 0.370 e. The van der Waals surface area contributed by atoms with Gasteiger partial charge in [-0.15, -0.1) is 0 Å². The topological polar surface area (TPSA) is 87.2 Å². The Kier molecular flexibility index (Phi) is 5.14. The van der Waals surface area contributed by atoms with E-state index in [0.717, 1.165) is 12.8 Å². The molecule has 100 valence electrons. The number of amides is 2. The number of rotatable bonds is 4. The second-order valence-electron chi connectivity index (χ2n) is 5.29. The highest BCUT2D eigenvalue weighted by molar-refractivity contribution is 5.81. The predicted molar refractivity (Wildman–Crippen MR) is 67.1 cm³/mol. The smallest absolute Gasteiger partial charge is 0.240 e. The fraction of sp³-hybridized carbons (Fsp3) is 0.769. The number of piperidine rings is 1. The van der Waals surface area contributed by atoms with Gasteiger partial charge in [-0.3, -0.25) is 9.59 Å². The van der Waals surface area contributed by atoms with Gasteiger partial charge in [-0.1, -0.05) is 13.8 Å². The average Bonchev–Trinajstić information content (AvgIpc) is 2.29. The van der Waals surface area contributed by atoms with Gasteiger partial charge < -0.3 is 10.6 Å². The van der Waals surface area contributed by atoms with Gasteiger partial charge in [0.25, 0.3) is 0 Å². The summed E-state index contributed by atoms with van der Waals surface area (Å²) in [6.45, 7) is 5.01. The number of carbonyl (C=O) groups excluding carboxylic acids is 2. The highest BCUT2D eigenvalue weighted by atomic mass is 16.2. The number of nitriles is 1. The fourth-order valence-electron chi connectivity index (χ4n) is 2.33. The molecule has 1 atom stereocenters. The maximum atomic E-state index is 12.1. The van der Waals surface area contributed by atoms with E-state index in [1.165, 1.54) is 0 Å². The van der Waals surface area contributed by atoms with Crippen molar-refractivity contribution >= 4 is 11.8 Å². The summed E-state index contributed by atoms with van der Waals surface area (Å²) in [6.07, 6.45) is 1.99. The van der Waals surface area contributed by atoms with E-state index < -0.39 is 5.92 Å². The summed E-state index contributed by atoms with van der Waals surface area (Å²) in [5, 5.41) is 9.01. The molecule has 0 aromatic carbocycles. The predicted octanol–water partition coefficient (Wildman–Crippen LogP) is 0.896. The standard InChI is InChI=1S/C13H21N3O2/c1-9(2)11(8-14)13(18)16-5-3-10(4-6-16)7-12(15)17/h9-11H,3-7H2,1-2H3,(H2,15,17). The van der Waals surface area contributed by atoms with Crippen LogP contribution in [0.3, 0.4) is 0 Å². The fourth-order valence-corrected chi connectivity index (χ4v) is 2.33. The summed E-state index contributed by atoms with van der Waals surface area (Å²) in [5.74, 6) is -0.600. The third kappa shape index (κ3) is 3.73. The number of carbonyl (C=O) groups is 2. The molecule has 1 aliphatic rings. The Bertz CT molecular complexity index is 352. The van der Waals surface area contributed by atoms with E-state index >= 15 is 0 Å². The Balaban J connectivity index is 2.50.